The van der Waals surface area contributed by atoms with E-state index in [1.54, 1.807) is 0 Å². The van der Waals surface area contributed by atoms with Crippen molar-refractivity contribution in [1.29, 1.82) is 0 Å². The van der Waals surface area contributed by atoms with Crippen LogP contribution in [0.3, 0.4) is 0 Å². The van der Waals surface area contributed by atoms with Crippen LogP contribution in [-0.4, -0.2) is 21.8 Å². The summed E-state index contributed by atoms with van der Waals surface area (Å²) < 4.78 is 1.10. The monoisotopic (exact) mass is 363 g/mol. The molecule has 0 aliphatic heterocycles. The van der Waals surface area contributed by atoms with E-state index in [-0.39, 0.29) is 0 Å². The lowest BCUT2D eigenvalue weighted by molar-refractivity contribution is 0.886. The third-order valence-corrected chi connectivity index (χ3v) is 5.05. The fourth-order valence-electron chi connectivity index (χ4n) is 2.01. The molecule has 0 unspecified atom stereocenters. The zero-order valence-corrected chi connectivity index (χ0v) is 13.1. The lowest BCUT2D eigenvalue weighted by Gasteiger charge is -2.09. The van der Waals surface area contributed by atoms with Crippen molar-refractivity contribution in [2.75, 3.05) is 11.9 Å². The van der Waals surface area contributed by atoms with E-state index < -0.39 is 0 Å². The van der Waals surface area contributed by atoms with Gasteiger partial charge in [0.25, 0.3) is 0 Å². The molecule has 17 heavy (non-hydrogen) atoms. The van der Waals surface area contributed by atoms with Gasteiger partial charge >= 0.3 is 0 Å². The molecule has 3 nitrogen and oxygen atoms in total. The van der Waals surface area contributed by atoms with E-state index in [9.17, 15) is 0 Å². The lowest BCUT2D eigenvalue weighted by atomic mass is 10.4. The quantitative estimate of drug-likeness (QED) is 0.810. The highest BCUT2D eigenvalue weighted by Crippen LogP contribution is 2.31. The number of halogens is 1. The summed E-state index contributed by atoms with van der Waals surface area (Å²) >= 11 is 4.29. The highest BCUT2D eigenvalue weighted by Gasteiger charge is 2.16. The van der Waals surface area contributed by atoms with Crippen molar-refractivity contribution in [3.05, 3.63) is 15.6 Å². The normalized spacial score (nSPS) is 16.4. The van der Waals surface area contributed by atoms with Gasteiger partial charge in [-0.2, -0.15) is 11.8 Å². The minimum absolute atomic E-state index is 0.834. The van der Waals surface area contributed by atoms with Gasteiger partial charge in [0.15, 0.2) is 0 Å². The summed E-state index contributed by atoms with van der Waals surface area (Å²) in [4.78, 5) is 8.98. The van der Waals surface area contributed by atoms with E-state index in [4.69, 9.17) is 0 Å². The van der Waals surface area contributed by atoms with E-state index in [0.29, 0.717) is 0 Å². The molecule has 1 heterocycles. The average Bonchev–Trinajstić information content (AvgIpc) is 2.83. The van der Waals surface area contributed by atoms with Gasteiger partial charge in [-0.05, 0) is 42.4 Å². The van der Waals surface area contributed by atoms with Crippen molar-refractivity contribution in [3.63, 3.8) is 0 Å². The molecule has 1 aliphatic rings. The molecule has 0 spiro atoms. The van der Waals surface area contributed by atoms with E-state index in [0.717, 1.165) is 32.8 Å². The summed E-state index contributed by atoms with van der Waals surface area (Å²) in [5.41, 5.74) is 0. The smallest absolute Gasteiger partial charge is 0.143 e. The van der Waals surface area contributed by atoms with Crippen LogP contribution in [0.4, 0.5) is 5.82 Å². The van der Waals surface area contributed by atoms with Crippen molar-refractivity contribution >= 4 is 40.2 Å². The minimum atomic E-state index is 0.834. The molecule has 1 aromatic heterocycles. The number of nitrogens with zero attached hydrogens (tertiary/aromatic N) is 2. The van der Waals surface area contributed by atoms with Gasteiger partial charge in [-0.25, -0.2) is 9.97 Å². The van der Waals surface area contributed by atoms with Crippen LogP contribution in [-0.2, 0) is 5.75 Å². The maximum atomic E-state index is 4.57. The fraction of sp³-hybridized carbons (Fsp3) is 0.667. The molecule has 1 N–H and O–H groups in total. The van der Waals surface area contributed by atoms with Crippen molar-refractivity contribution in [3.8, 4) is 0 Å². The molecular formula is C12H18IN3S. The SMILES string of the molecule is CCNc1nc(CSC2CCCC2)ncc1I. The van der Waals surface area contributed by atoms with Crippen LogP contribution in [0.15, 0.2) is 6.20 Å². The minimum Gasteiger partial charge on any atom is -0.369 e. The first kappa shape index (κ1) is 13.4. The molecule has 0 atom stereocenters. The summed E-state index contributed by atoms with van der Waals surface area (Å²) in [6, 6.07) is 0. The average molecular weight is 363 g/mol. The highest BCUT2D eigenvalue weighted by molar-refractivity contribution is 14.1. The molecule has 2 rings (SSSR count). The van der Waals surface area contributed by atoms with Crippen molar-refractivity contribution in [1.82, 2.24) is 9.97 Å². The van der Waals surface area contributed by atoms with Gasteiger partial charge in [0.2, 0.25) is 0 Å². The zero-order chi connectivity index (χ0) is 12.1. The van der Waals surface area contributed by atoms with Gasteiger partial charge < -0.3 is 5.32 Å². The first-order valence-corrected chi connectivity index (χ1v) is 8.29. The summed E-state index contributed by atoms with van der Waals surface area (Å²) in [7, 11) is 0. The number of nitrogens with one attached hydrogen (secondary N) is 1. The Hall–Kier alpha value is -0.0400. The number of thioether (sulfide) groups is 1. The second-order valence-corrected chi connectivity index (χ2v) is 6.68. The van der Waals surface area contributed by atoms with Crippen LogP contribution < -0.4 is 5.32 Å². The Balaban J connectivity index is 1.93. The summed E-state index contributed by atoms with van der Waals surface area (Å²) in [5, 5.41) is 4.11. The van der Waals surface area contributed by atoms with Crippen LogP contribution in [0, 0.1) is 3.57 Å². The predicted molar refractivity (Wildman–Crippen MR) is 82.5 cm³/mol. The van der Waals surface area contributed by atoms with E-state index in [2.05, 4.69) is 44.8 Å². The molecule has 1 fully saturated rings. The Morgan fingerprint density at radius 2 is 2.24 bits per heavy atom. The van der Waals surface area contributed by atoms with Crippen molar-refractivity contribution in [2.24, 2.45) is 0 Å². The zero-order valence-electron chi connectivity index (χ0n) is 10.1. The second-order valence-electron chi connectivity index (χ2n) is 4.23. The molecule has 1 aliphatic carbocycles. The van der Waals surface area contributed by atoms with Gasteiger partial charge in [-0.15, -0.1) is 0 Å². The molecular weight excluding hydrogens is 345 g/mol. The number of aromatic nitrogens is 2. The van der Waals surface area contributed by atoms with Gasteiger partial charge in [-0.3, -0.25) is 0 Å². The molecule has 0 radical (unpaired) electrons. The van der Waals surface area contributed by atoms with Gasteiger partial charge in [0.05, 0.1) is 9.32 Å². The third-order valence-electron chi connectivity index (χ3n) is 2.89. The maximum absolute atomic E-state index is 4.57. The first-order chi connectivity index (χ1) is 8.29. The third kappa shape index (κ3) is 3.98. The Morgan fingerprint density at radius 3 is 2.94 bits per heavy atom. The van der Waals surface area contributed by atoms with Gasteiger partial charge in [0, 0.05) is 18.0 Å². The standard InChI is InChI=1S/C12H18IN3S/c1-2-14-12-10(13)7-15-11(16-12)8-17-9-5-3-4-6-9/h7,9H,2-6,8H2,1H3,(H,14,15,16). The van der Waals surface area contributed by atoms with Gasteiger partial charge in [0.1, 0.15) is 11.6 Å². The molecule has 0 amide bonds. The number of anilines is 1. The molecule has 0 bridgehead atoms. The molecule has 0 aromatic carbocycles. The molecule has 1 aromatic rings. The number of hydrogen-bond donors (Lipinski definition) is 1. The Morgan fingerprint density at radius 1 is 1.47 bits per heavy atom. The maximum Gasteiger partial charge on any atom is 0.143 e. The Kier molecular flexibility index (Phi) is 5.34. The van der Waals surface area contributed by atoms with E-state index in [1.165, 1.54) is 25.7 Å². The summed E-state index contributed by atoms with van der Waals surface area (Å²) in [6.45, 7) is 2.99. The molecule has 5 heteroatoms. The first-order valence-electron chi connectivity index (χ1n) is 6.16. The van der Waals surface area contributed by atoms with Gasteiger partial charge in [-0.1, -0.05) is 12.8 Å². The summed E-state index contributed by atoms with van der Waals surface area (Å²) in [5.74, 6) is 2.88. The number of hydrogen-bond acceptors (Lipinski definition) is 4. The number of rotatable bonds is 5. The molecule has 94 valence electrons. The molecule has 0 saturated heterocycles. The summed E-state index contributed by atoms with van der Waals surface area (Å²) in [6.07, 6.45) is 7.45. The lowest BCUT2D eigenvalue weighted by Crippen LogP contribution is -2.06. The van der Waals surface area contributed by atoms with Crippen molar-refractivity contribution < 1.29 is 0 Å². The van der Waals surface area contributed by atoms with E-state index >= 15 is 0 Å². The second kappa shape index (κ2) is 6.78. The highest BCUT2D eigenvalue weighted by atomic mass is 127. The topological polar surface area (TPSA) is 37.8 Å². The fourth-order valence-corrected chi connectivity index (χ4v) is 3.65. The van der Waals surface area contributed by atoms with Crippen LogP contribution >= 0.6 is 34.4 Å². The Labute approximate surface area is 121 Å². The van der Waals surface area contributed by atoms with Crippen LogP contribution in [0.2, 0.25) is 0 Å². The Bertz CT molecular complexity index is 367. The van der Waals surface area contributed by atoms with Crippen LogP contribution in [0.25, 0.3) is 0 Å². The van der Waals surface area contributed by atoms with Crippen LogP contribution in [0.5, 0.6) is 0 Å². The van der Waals surface area contributed by atoms with E-state index in [1.807, 2.05) is 18.0 Å². The van der Waals surface area contributed by atoms with Crippen molar-refractivity contribution in [2.45, 2.75) is 43.6 Å². The predicted octanol–water partition coefficient (Wildman–Crippen LogP) is 3.69. The largest absolute Gasteiger partial charge is 0.369 e. The van der Waals surface area contributed by atoms with Crippen LogP contribution in [0.1, 0.15) is 38.4 Å². The molecule has 1 saturated carbocycles.